The number of anilines is 2. The molecule has 15 heavy (non-hydrogen) atoms. The Labute approximate surface area is 93.3 Å². The summed E-state index contributed by atoms with van der Waals surface area (Å²) in [5, 5.41) is 3.84. The minimum absolute atomic E-state index is 0.640. The van der Waals surface area contributed by atoms with Crippen molar-refractivity contribution in [2.24, 2.45) is 0 Å². The number of aromatic nitrogens is 1. The highest BCUT2D eigenvalue weighted by atomic mass is 35.5. The van der Waals surface area contributed by atoms with Gasteiger partial charge < -0.3 is 16.0 Å². The molecule has 3 nitrogen and oxygen atoms in total. The minimum atomic E-state index is 0.640. The largest absolute Gasteiger partial charge is 0.397 e. The average molecular weight is 222 g/mol. The number of hydrogen-bond donors (Lipinski definition) is 3. The van der Waals surface area contributed by atoms with Gasteiger partial charge in [0.2, 0.25) is 0 Å². The van der Waals surface area contributed by atoms with Gasteiger partial charge >= 0.3 is 0 Å². The Morgan fingerprint density at radius 3 is 2.80 bits per heavy atom. The second-order valence-corrected chi connectivity index (χ2v) is 3.66. The van der Waals surface area contributed by atoms with E-state index in [4.69, 9.17) is 17.3 Å². The SMILES string of the molecule is Nc1cccc(Cl)c1NCc1ccc[nH]1. The monoisotopic (exact) mass is 221 g/mol. The molecule has 78 valence electrons. The van der Waals surface area contributed by atoms with Crippen molar-refractivity contribution in [3.63, 3.8) is 0 Å². The van der Waals surface area contributed by atoms with Crippen molar-refractivity contribution in [3.8, 4) is 0 Å². The zero-order valence-corrected chi connectivity index (χ0v) is 8.88. The van der Waals surface area contributed by atoms with Crippen molar-refractivity contribution in [3.05, 3.63) is 47.2 Å². The molecule has 0 aliphatic heterocycles. The first-order valence-electron chi connectivity index (χ1n) is 4.67. The molecule has 0 saturated carbocycles. The van der Waals surface area contributed by atoms with E-state index in [1.54, 1.807) is 0 Å². The lowest BCUT2D eigenvalue weighted by molar-refractivity contribution is 1.08. The first kappa shape index (κ1) is 9.93. The highest BCUT2D eigenvalue weighted by Crippen LogP contribution is 2.27. The number of nitrogens with one attached hydrogen (secondary N) is 2. The third-order valence-corrected chi connectivity index (χ3v) is 2.48. The molecule has 0 spiro atoms. The van der Waals surface area contributed by atoms with E-state index < -0.39 is 0 Å². The molecule has 0 unspecified atom stereocenters. The van der Waals surface area contributed by atoms with Crippen LogP contribution < -0.4 is 11.1 Å². The standard InChI is InChI=1S/C11H12ClN3/c12-9-4-1-5-10(13)11(9)15-7-8-3-2-6-14-8/h1-6,14-15H,7,13H2. The van der Waals surface area contributed by atoms with Gasteiger partial charge in [-0.2, -0.15) is 0 Å². The molecule has 0 saturated heterocycles. The number of benzene rings is 1. The first-order valence-corrected chi connectivity index (χ1v) is 5.05. The van der Waals surface area contributed by atoms with E-state index in [2.05, 4.69) is 10.3 Å². The Balaban J connectivity index is 2.11. The molecule has 1 aromatic heterocycles. The molecular formula is C11H12ClN3. The molecule has 0 atom stereocenters. The quantitative estimate of drug-likeness (QED) is 0.698. The van der Waals surface area contributed by atoms with Gasteiger partial charge in [-0.25, -0.2) is 0 Å². The van der Waals surface area contributed by atoms with E-state index in [1.165, 1.54) is 0 Å². The second-order valence-electron chi connectivity index (χ2n) is 3.25. The number of rotatable bonds is 3. The lowest BCUT2D eigenvalue weighted by Gasteiger charge is -2.09. The molecule has 0 bridgehead atoms. The number of hydrogen-bond acceptors (Lipinski definition) is 2. The van der Waals surface area contributed by atoms with Crippen LogP contribution >= 0.6 is 11.6 Å². The lowest BCUT2D eigenvalue weighted by atomic mass is 10.2. The number of para-hydroxylation sites is 1. The molecule has 2 rings (SSSR count). The van der Waals surface area contributed by atoms with E-state index in [9.17, 15) is 0 Å². The fourth-order valence-corrected chi connectivity index (χ4v) is 1.64. The molecule has 0 radical (unpaired) electrons. The van der Waals surface area contributed by atoms with Crippen molar-refractivity contribution >= 4 is 23.0 Å². The van der Waals surface area contributed by atoms with Crippen LogP contribution in [0.1, 0.15) is 5.69 Å². The lowest BCUT2D eigenvalue weighted by Crippen LogP contribution is -2.03. The Hall–Kier alpha value is -1.61. The second kappa shape index (κ2) is 4.28. The third kappa shape index (κ3) is 2.25. The Bertz CT molecular complexity index is 417. The van der Waals surface area contributed by atoms with Crippen LogP contribution in [0.4, 0.5) is 11.4 Å². The van der Waals surface area contributed by atoms with Crippen LogP contribution in [0.25, 0.3) is 0 Å². The number of nitrogen functional groups attached to an aromatic ring is 1. The maximum Gasteiger partial charge on any atom is 0.0766 e. The minimum Gasteiger partial charge on any atom is -0.397 e. The van der Waals surface area contributed by atoms with Crippen molar-refractivity contribution in [1.29, 1.82) is 0 Å². The van der Waals surface area contributed by atoms with Gasteiger partial charge in [0.05, 0.1) is 22.9 Å². The van der Waals surface area contributed by atoms with Gasteiger partial charge in [0.25, 0.3) is 0 Å². The van der Waals surface area contributed by atoms with Crippen molar-refractivity contribution in [1.82, 2.24) is 4.98 Å². The summed E-state index contributed by atoms with van der Waals surface area (Å²) in [5.74, 6) is 0. The molecule has 1 heterocycles. The highest BCUT2D eigenvalue weighted by molar-refractivity contribution is 6.33. The normalized spacial score (nSPS) is 10.2. The summed E-state index contributed by atoms with van der Waals surface area (Å²) >= 11 is 6.02. The van der Waals surface area contributed by atoms with Crippen LogP contribution in [0, 0.1) is 0 Å². The fraction of sp³-hybridized carbons (Fsp3) is 0.0909. The molecule has 4 N–H and O–H groups in total. The predicted octanol–water partition coefficient (Wildman–Crippen LogP) is 2.86. The molecule has 4 heteroatoms. The molecule has 0 amide bonds. The van der Waals surface area contributed by atoms with Crippen LogP contribution in [0.2, 0.25) is 5.02 Å². The van der Waals surface area contributed by atoms with Gasteiger partial charge in [0.15, 0.2) is 0 Å². The maximum atomic E-state index is 6.02. The van der Waals surface area contributed by atoms with E-state index in [0.717, 1.165) is 11.4 Å². The number of nitrogens with two attached hydrogens (primary N) is 1. The summed E-state index contributed by atoms with van der Waals surface area (Å²) in [5.41, 5.74) is 8.34. The van der Waals surface area contributed by atoms with Gasteiger partial charge in [-0.15, -0.1) is 0 Å². The molecule has 0 aliphatic rings. The molecule has 1 aromatic carbocycles. The van der Waals surface area contributed by atoms with Gasteiger partial charge in [-0.1, -0.05) is 17.7 Å². The smallest absolute Gasteiger partial charge is 0.0766 e. The Kier molecular flexibility index (Phi) is 2.83. The first-order chi connectivity index (χ1) is 7.27. The summed E-state index contributed by atoms with van der Waals surface area (Å²) in [4.78, 5) is 3.10. The van der Waals surface area contributed by atoms with Crippen LogP contribution in [-0.4, -0.2) is 4.98 Å². The van der Waals surface area contributed by atoms with E-state index in [1.807, 2.05) is 36.5 Å². The maximum absolute atomic E-state index is 6.02. The third-order valence-electron chi connectivity index (χ3n) is 2.16. The summed E-state index contributed by atoms with van der Waals surface area (Å²) < 4.78 is 0. The summed E-state index contributed by atoms with van der Waals surface area (Å²) in [6, 6.07) is 9.42. The van der Waals surface area contributed by atoms with Crippen molar-refractivity contribution in [2.75, 3.05) is 11.1 Å². The zero-order chi connectivity index (χ0) is 10.7. The van der Waals surface area contributed by atoms with Crippen LogP contribution in [0.5, 0.6) is 0 Å². The van der Waals surface area contributed by atoms with Gasteiger partial charge in [0, 0.05) is 11.9 Å². The van der Waals surface area contributed by atoms with Crippen LogP contribution in [-0.2, 0) is 6.54 Å². The van der Waals surface area contributed by atoms with Crippen molar-refractivity contribution < 1.29 is 0 Å². The number of halogens is 1. The zero-order valence-electron chi connectivity index (χ0n) is 8.13. The van der Waals surface area contributed by atoms with Crippen molar-refractivity contribution in [2.45, 2.75) is 6.54 Å². The fourth-order valence-electron chi connectivity index (χ4n) is 1.39. The van der Waals surface area contributed by atoms with Crippen LogP contribution in [0.3, 0.4) is 0 Å². The predicted molar refractivity (Wildman–Crippen MR) is 64.0 cm³/mol. The molecule has 0 aliphatic carbocycles. The van der Waals surface area contributed by atoms with E-state index >= 15 is 0 Å². The van der Waals surface area contributed by atoms with Gasteiger partial charge in [0.1, 0.15) is 0 Å². The Morgan fingerprint density at radius 1 is 1.27 bits per heavy atom. The van der Waals surface area contributed by atoms with Crippen LogP contribution in [0.15, 0.2) is 36.5 Å². The summed E-state index contributed by atoms with van der Waals surface area (Å²) in [7, 11) is 0. The number of aromatic amines is 1. The summed E-state index contributed by atoms with van der Waals surface area (Å²) in [6.07, 6.45) is 1.88. The molecule has 2 aromatic rings. The molecule has 0 fully saturated rings. The van der Waals surface area contributed by atoms with Gasteiger partial charge in [-0.3, -0.25) is 0 Å². The average Bonchev–Trinajstić information content (AvgIpc) is 2.70. The van der Waals surface area contributed by atoms with Gasteiger partial charge in [-0.05, 0) is 24.3 Å². The topological polar surface area (TPSA) is 53.8 Å². The Morgan fingerprint density at radius 2 is 2.13 bits per heavy atom. The number of H-pyrrole nitrogens is 1. The van der Waals surface area contributed by atoms with E-state index in [-0.39, 0.29) is 0 Å². The van der Waals surface area contributed by atoms with E-state index in [0.29, 0.717) is 17.3 Å². The highest BCUT2D eigenvalue weighted by Gasteiger charge is 2.03. The molecular weight excluding hydrogens is 210 g/mol. The summed E-state index contributed by atoms with van der Waals surface area (Å²) in [6.45, 7) is 0.681.